The highest BCUT2D eigenvalue weighted by Gasteiger charge is 2.12. The average molecular weight is 327 g/mol. The van der Waals surface area contributed by atoms with Crippen molar-refractivity contribution in [2.45, 2.75) is 13.2 Å². The first-order chi connectivity index (χ1) is 11.7. The molecule has 0 atom stereocenters. The quantitative estimate of drug-likeness (QED) is 0.720. The van der Waals surface area contributed by atoms with Crippen LogP contribution in [0.3, 0.4) is 0 Å². The number of carbonyl (C=O) groups excluding carboxylic acids is 1. The Morgan fingerprint density at radius 3 is 2.54 bits per heavy atom. The highest BCUT2D eigenvalue weighted by atomic mass is 16.5. The van der Waals surface area contributed by atoms with Crippen LogP contribution in [0.2, 0.25) is 0 Å². The van der Waals surface area contributed by atoms with Crippen LogP contribution < -0.4 is 14.8 Å². The Balaban J connectivity index is 1.51. The number of carbonyl (C=O) groups is 1. The third kappa shape index (κ3) is 3.98. The maximum absolute atomic E-state index is 12.0. The van der Waals surface area contributed by atoms with E-state index in [1.165, 1.54) is 0 Å². The Labute approximate surface area is 139 Å². The molecule has 24 heavy (non-hydrogen) atoms. The van der Waals surface area contributed by atoms with Crippen molar-refractivity contribution in [1.29, 1.82) is 0 Å². The maximum Gasteiger partial charge on any atom is 0.287 e. The Hall–Kier alpha value is -3.15. The second-order valence-corrected chi connectivity index (χ2v) is 4.99. The second kappa shape index (κ2) is 7.41. The van der Waals surface area contributed by atoms with E-state index in [1.54, 1.807) is 49.8 Å². The van der Waals surface area contributed by atoms with Crippen LogP contribution in [0.25, 0.3) is 0 Å². The minimum absolute atomic E-state index is 0.231. The van der Waals surface area contributed by atoms with Crippen LogP contribution in [0, 0.1) is 0 Å². The number of hydrogen-bond acceptors (Lipinski definition) is 5. The molecule has 0 aliphatic heterocycles. The molecule has 1 N–H and O–H groups in total. The first kappa shape index (κ1) is 15.7. The lowest BCUT2D eigenvalue weighted by Crippen LogP contribution is -2.21. The molecule has 124 valence electrons. The van der Waals surface area contributed by atoms with Crippen LogP contribution in [0.15, 0.2) is 63.6 Å². The third-order valence-electron chi connectivity index (χ3n) is 3.33. The second-order valence-electron chi connectivity index (χ2n) is 4.99. The topological polar surface area (TPSA) is 73.8 Å². The van der Waals surface area contributed by atoms with Crippen molar-refractivity contribution >= 4 is 5.91 Å². The summed E-state index contributed by atoms with van der Waals surface area (Å²) in [6.45, 7) is 0.544. The Bertz CT molecular complexity index is 774. The number of nitrogens with one attached hydrogen (secondary N) is 1. The average Bonchev–Trinajstić information content (AvgIpc) is 3.30. The van der Waals surface area contributed by atoms with Crippen LogP contribution in [0.4, 0.5) is 0 Å². The van der Waals surface area contributed by atoms with Gasteiger partial charge in [-0.2, -0.15) is 0 Å². The van der Waals surface area contributed by atoms with Gasteiger partial charge in [-0.1, -0.05) is 0 Å². The first-order valence-corrected chi connectivity index (χ1v) is 7.41. The molecule has 0 unspecified atom stereocenters. The molecule has 3 aromatic rings. The van der Waals surface area contributed by atoms with Crippen molar-refractivity contribution < 1.29 is 23.1 Å². The van der Waals surface area contributed by atoms with E-state index in [0.717, 1.165) is 5.75 Å². The molecule has 0 aliphatic carbocycles. The standard InChI is InChI=1S/C18H17NO5/c1-21-13-4-6-14(7-5-13)23-12-16-8-9-17(24-16)18(20)19-11-15-3-2-10-22-15/h2-10H,11-12H2,1H3,(H,19,20). The van der Waals surface area contributed by atoms with Gasteiger partial charge >= 0.3 is 0 Å². The van der Waals surface area contributed by atoms with Crippen LogP contribution >= 0.6 is 0 Å². The summed E-state index contributed by atoms with van der Waals surface area (Å²) in [5.41, 5.74) is 0. The molecule has 0 spiro atoms. The highest BCUT2D eigenvalue weighted by Crippen LogP contribution is 2.19. The van der Waals surface area contributed by atoms with Gasteiger partial charge in [0.1, 0.15) is 29.6 Å². The van der Waals surface area contributed by atoms with Gasteiger partial charge in [0, 0.05) is 0 Å². The summed E-state index contributed by atoms with van der Waals surface area (Å²) >= 11 is 0. The Morgan fingerprint density at radius 2 is 1.83 bits per heavy atom. The highest BCUT2D eigenvalue weighted by molar-refractivity contribution is 5.91. The van der Waals surface area contributed by atoms with E-state index in [9.17, 15) is 4.79 Å². The van der Waals surface area contributed by atoms with Crippen LogP contribution in [0.1, 0.15) is 22.1 Å². The zero-order valence-electron chi connectivity index (χ0n) is 13.2. The number of methoxy groups -OCH3 is 1. The fraction of sp³-hybridized carbons (Fsp3) is 0.167. The van der Waals surface area contributed by atoms with Crippen LogP contribution in [-0.2, 0) is 13.2 Å². The summed E-state index contributed by atoms with van der Waals surface area (Å²) < 4.78 is 21.3. The van der Waals surface area contributed by atoms with E-state index < -0.39 is 0 Å². The van der Waals surface area contributed by atoms with Gasteiger partial charge in [-0.05, 0) is 48.5 Å². The molecule has 0 fully saturated rings. The zero-order valence-corrected chi connectivity index (χ0v) is 13.2. The molecule has 0 radical (unpaired) electrons. The maximum atomic E-state index is 12.0. The smallest absolute Gasteiger partial charge is 0.287 e. The summed E-state index contributed by atoms with van der Waals surface area (Å²) in [5, 5.41) is 2.72. The monoisotopic (exact) mass is 327 g/mol. The fourth-order valence-corrected chi connectivity index (χ4v) is 2.07. The van der Waals surface area contributed by atoms with E-state index in [1.807, 2.05) is 12.1 Å². The van der Waals surface area contributed by atoms with E-state index >= 15 is 0 Å². The van der Waals surface area contributed by atoms with Gasteiger partial charge in [-0.25, -0.2) is 0 Å². The predicted octanol–water partition coefficient (Wildman–Crippen LogP) is 3.39. The Kier molecular flexibility index (Phi) is 4.86. The molecule has 6 heteroatoms. The fourth-order valence-electron chi connectivity index (χ4n) is 2.07. The number of furan rings is 2. The van der Waals surface area contributed by atoms with E-state index in [2.05, 4.69) is 5.32 Å². The van der Waals surface area contributed by atoms with Gasteiger partial charge in [0.2, 0.25) is 0 Å². The summed E-state index contributed by atoms with van der Waals surface area (Å²) in [5.74, 6) is 2.62. The molecule has 0 saturated carbocycles. The minimum atomic E-state index is -0.304. The summed E-state index contributed by atoms with van der Waals surface area (Å²) in [6, 6.07) is 14.1. The number of amides is 1. The van der Waals surface area contributed by atoms with Crippen molar-refractivity contribution in [3.63, 3.8) is 0 Å². The van der Waals surface area contributed by atoms with Crippen molar-refractivity contribution in [3.05, 3.63) is 72.1 Å². The van der Waals surface area contributed by atoms with Gasteiger partial charge in [0.05, 0.1) is 19.9 Å². The van der Waals surface area contributed by atoms with E-state index in [-0.39, 0.29) is 18.3 Å². The van der Waals surface area contributed by atoms with Gasteiger partial charge < -0.3 is 23.6 Å². The molecule has 0 bridgehead atoms. The van der Waals surface area contributed by atoms with Crippen molar-refractivity contribution in [1.82, 2.24) is 5.32 Å². The summed E-state index contributed by atoms with van der Waals surface area (Å²) in [7, 11) is 1.61. The predicted molar refractivity (Wildman–Crippen MR) is 85.9 cm³/mol. The molecule has 2 aromatic heterocycles. The SMILES string of the molecule is COc1ccc(OCc2ccc(C(=O)NCc3ccco3)o2)cc1. The van der Waals surface area contributed by atoms with Crippen molar-refractivity contribution in [3.8, 4) is 11.5 Å². The third-order valence-corrected chi connectivity index (χ3v) is 3.33. The summed E-state index contributed by atoms with van der Waals surface area (Å²) in [6.07, 6.45) is 1.56. The molecule has 6 nitrogen and oxygen atoms in total. The lowest BCUT2D eigenvalue weighted by molar-refractivity contribution is 0.0916. The van der Waals surface area contributed by atoms with E-state index in [4.69, 9.17) is 18.3 Å². The minimum Gasteiger partial charge on any atom is -0.497 e. The number of ether oxygens (including phenoxy) is 2. The van der Waals surface area contributed by atoms with Gasteiger partial charge in [0.15, 0.2) is 5.76 Å². The molecular formula is C18H17NO5. The molecule has 2 heterocycles. The molecular weight excluding hydrogens is 310 g/mol. The zero-order chi connectivity index (χ0) is 16.8. The number of benzene rings is 1. The lowest BCUT2D eigenvalue weighted by Gasteiger charge is -2.05. The molecule has 0 saturated heterocycles. The molecule has 1 aromatic carbocycles. The van der Waals surface area contributed by atoms with Crippen molar-refractivity contribution in [2.75, 3.05) is 7.11 Å². The largest absolute Gasteiger partial charge is 0.497 e. The van der Waals surface area contributed by atoms with Crippen molar-refractivity contribution in [2.24, 2.45) is 0 Å². The number of hydrogen-bond donors (Lipinski definition) is 1. The normalized spacial score (nSPS) is 10.4. The van der Waals surface area contributed by atoms with Gasteiger partial charge in [-0.15, -0.1) is 0 Å². The van der Waals surface area contributed by atoms with Crippen LogP contribution in [-0.4, -0.2) is 13.0 Å². The Morgan fingerprint density at radius 1 is 1.04 bits per heavy atom. The molecule has 3 rings (SSSR count). The van der Waals surface area contributed by atoms with Crippen LogP contribution in [0.5, 0.6) is 11.5 Å². The molecule has 1 amide bonds. The molecule has 0 aliphatic rings. The van der Waals surface area contributed by atoms with E-state index in [0.29, 0.717) is 23.8 Å². The summed E-state index contributed by atoms with van der Waals surface area (Å²) in [4.78, 5) is 12.0. The van der Waals surface area contributed by atoms with Gasteiger partial charge in [-0.3, -0.25) is 4.79 Å². The lowest BCUT2D eigenvalue weighted by atomic mass is 10.3. The number of rotatable bonds is 7. The first-order valence-electron chi connectivity index (χ1n) is 7.41. The van der Waals surface area contributed by atoms with Gasteiger partial charge in [0.25, 0.3) is 5.91 Å².